The topological polar surface area (TPSA) is 135 Å². The first kappa shape index (κ1) is 35.3. The number of nitrogens with zero attached hydrogens (tertiary/aromatic N) is 2. The zero-order valence-electron chi connectivity index (χ0n) is 27.1. The minimum absolute atomic E-state index is 0.124. The highest BCUT2D eigenvalue weighted by atomic mass is 79.9. The molecule has 0 aliphatic carbocycles. The van der Waals surface area contributed by atoms with Crippen molar-refractivity contribution in [1.82, 2.24) is 10.2 Å². The number of esters is 1. The Morgan fingerprint density at radius 2 is 1.88 bits per heavy atom. The number of β-amino-alcohol motifs (C(OH)–C–C–N with tert-alkyl or cyclic N) is 1. The molecule has 11 nitrogen and oxygen atoms in total. The molecule has 2 bridgehead atoms. The molecule has 12 heteroatoms. The van der Waals surface area contributed by atoms with Gasteiger partial charge in [-0.3, -0.25) is 19.2 Å². The zero-order valence-corrected chi connectivity index (χ0v) is 28.7. The largest absolute Gasteiger partial charge is 0.497 e. The van der Waals surface area contributed by atoms with E-state index in [2.05, 4.69) is 34.4 Å². The van der Waals surface area contributed by atoms with E-state index in [0.29, 0.717) is 29.8 Å². The van der Waals surface area contributed by atoms with E-state index < -0.39 is 66.1 Å². The van der Waals surface area contributed by atoms with Gasteiger partial charge in [0.1, 0.15) is 23.5 Å². The van der Waals surface area contributed by atoms with Crippen LogP contribution in [0, 0.1) is 11.8 Å². The standard InChI is InChI=1S/C36H42BrN3O8/c1-5-7-13-27(42)38-22(3)30(23-11-9-8-10-12-23)47-35(45)28-29-33(43)40(19-20-41)32(36(29)21-26(37)31(28)48-36)34(44)39(18-6-2)24-14-16-25(46-4)17-15-24/h5-6,8-12,14-17,22,26,28-32,41H,1-2,7,13,18-21H2,3-4H3,(H,38,42)/t22-,26?,28-,29+,30-,31-,32-,36+/m0/s1. The minimum atomic E-state index is -1.36. The predicted molar refractivity (Wildman–Crippen MR) is 182 cm³/mol. The van der Waals surface area contributed by atoms with Crippen molar-refractivity contribution in [2.45, 2.75) is 60.9 Å². The fourth-order valence-corrected chi connectivity index (χ4v) is 8.27. The molecule has 3 saturated heterocycles. The van der Waals surface area contributed by atoms with Crippen LogP contribution in [0.2, 0.25) is 0 Å². The lowest BCUT2D eigenvalue weighted by molar-refractivity contribution is -0.162. The van der Waals surface area contributed by atoms with E-state index in [4.69, 9.17) is 14.2 Å². The molecule has 3 fully saturated rings. The Morgan fingerprint density at radius 3 is 2.50 bits per heavy atom. The van der Waals surface area contributed by atoms with Gasteiger partial charge in [0.2, 0.25) is 11.8 Å². The number of amides is 3. The van der Waals surface area contributed by atoms with Crippen molar-refractivity contribution in [2.24, 2.45) is 11.8 Å². The van der Waals surface area contributed by atoms with Crippen molar-refractivity contribution in [3.63, 3.8) is 0 Å². The number of hydrogen-bond acceptors (Lipinski definition) is 8. The van der Waals surface area contributed by atoms with E-state index >= 15 is 0 Å². The van der Waals surface area contributed by atoms with Gasteiger partial charge in [0.25, 0.3) is 5.91 Å². The summed E-state index contributed by atoms with van der Waals surface area (Å²) in [7, 11) is 1.55. The Bertz CT molecular complexity index is 1520. The van der Waals surface area contributed by atoms with Crippen LogP contribution in [-0.4, -0.2) is 89.1 Å². The lowest BCUT2D eigenvalue weighted by Gasteiger charge is -2.37. The quantitative estimate of drug-likeness (QED) is 0.161. The first-order chi connectivity index (χ1) is 23.1. The Balaban J connectivity index is 1.48. The van der Waals surface area contributed by atoms with E-state index in [1.165, 1.54) is 9.80 Å². The van der Waals surface area contributed by atoms with Gasteiger partial charge in [-0.2, -0.15) is 0 Å². The molecular formula is C36H42BrN3O8. The number of carbonyl (C=O) groups excluding carboxylic acids is 4. The average Bonchev–Trinajstić information content (AvgIpc) is 3.68. The number of ether oxygens (including phenoxy) is 3. The molecule has 0 aromatic heterocycles. The molecule has 48 heavy (non-hydrogen) atoms. The summed E-state index contributed by atoms with van der Waals surface area (Å²) in [5.41, 5.74) is -0.126. The molecule has 3 amide bonds. The van der Waals surface area contributed by atoms with Crippen LogP contribution >= 0.6 is 15.9 Å². The van der Waals surface area contributed by atoms with Gasteiger partial charge in [-0.25, -0.2) is 0 Å². The Kier molecular flexibility index (Phi) is 11.1. The molecule has 8 atom stereocenters. The van der Waals surface area contributed by atoms with Crippen LogP contribution in [0.1, 0.15) is 37.9 Å². The monoisotopic (exact) mass is 723 g/mol. The summed E-state index contributed by atoms with van der Waals surface area (Å²) in [6.45, 7) is 8.88. The van der Waals surface area contributed by atoms with Gasteiger partial charge < -0.3 is 34.4 Å². The molecule has 1 unspecified atom stereocenters. The maximum Gasteiger partial charge on any atom is 0.313 e. The molecule has 0 radical (unpaired) electrons. The molecule has 1 spiro atoms. The third-order valence-electron chi connectivity index (χ3n) is 9.39. The lowest BCUT2D eigenvalue weighted by Crippen LogP contribution is -2.57. The van der Waals surface area contributed by atoms with Crippen LogP contribution in [0.3, 0.4) is 0 Å². The van der Waals surface area contributed by atoms with Crippen molar-refractivity contribution >= 4 is 45.3 Å². The molecule has 2 aromatic carbocycles. The Labute approximate surface area is 289 Å². The molecule has 3 heterocycles. The number of alkyl halides is 1. The average molecular weight is 725 g/mol. The number of aliphatic hydroxyl groups is 1. The number of benzene rings is 2. The molecule has 2 N–H and O–H groups in total. The fraction of sp³-hybridized carbons (Fsp3) is 0.444. The molecule has 256 valence electrons. The summed E-state index contributed by atoms with van der Waals surface area (Å²) in [6, 6.07) is 14.3. The van der Waals surface area contributed by atoms with Crippen molar-refractivity contribution in [2.75, 3.05) is 31.7 Å². The van der Waals surface area contributed by atoms with E-state index in [0.717, 1.165) is 0 Å². The summed E-state index contributed by atoms with van der Waals surface area (Å²) in [5.74, 6) is -3.21. The van der Waals surface area contributed by atoms with Gasteiger partial charge in [-0.05, 0) is 49.6 Å². The highest BCUT2D eigenvalue weighted by Gasteiger charge is 2.77. The number of methoxy groups -OCH3 is 1. The second-order valence-electron chi connectivity index (χ2n) is 12.3. The SMILES string of the molecule is C=CCCC(=O)N[C@@H](C)[C@H](OC(=O)[C@@H]1[C@H]2O[C@@]3(CC2Br)[C@H](C(=O)N(CC=C)c2ccc(OC)cc2)N(CCO)C(=O)[C@@H]13)c1ccccc1. The fourth-order valence-electron chi connectivity index (χ4n) is 7.33. The summed E-state index contributed by atoms with van der Waals surface area (Å²) in [5, 5.41) is 12.9. The van der Waals surface area contributed by atoms with E-state index in [9.17, 15) is 24.3 Å². The van der Waals surface area contributed by atoms with E-state index in [-0.39, 0.29) is 30.2 Å². The van der Waals surface area contributed by atoms with Crippen molar-refractivity contribution in [1.29, 1.82) is 0 Å². The zero-order chi connectivity index (χ0) is 34.6. The predicted octanol–water partition coefficient (Wildman–Crippen LogP) is 3.71. The molecule has 3 aliphatic heterocycles. The number of rotatable bonds is 15. The van der Waals surface area contributed by atoms with Crippen LogP contribution in [0.25, 0.3) is 0 Å². The number of allylic oxidation sites excluding steroid dienone is 1. The smallest absolute Gasteiger partial charge is 0.313 e. The van der Waals surface area contributed by atoms with Crippen LogP contribution in [0.5, 0.6) is 5.75 Å². The molecule has 0 saturated carbocycles. The van der Waals surface area contributed by atoms with Crippen molar-refractivity contribution in [3.05, 3.63) is 85.5 Å². The van der Waals surface area contributed by atoms with Gasteiger partial charge in [0.05, 0.1) is 37.7 Å². The summed E-state index contributed by atoms with van der Waals surface area (Å²) in [6.07, 6.45) is 2.66. The summed E-state index contributed by atoms with van der Waals surface area (Å²) in [4.78, 5) is 58.2. The number of halogens is 1. The second kappa shape index (κ2) is 15.0. The van der Waals surface area contributed by atoms with Crippen LogP contribution < -0.4 is 15.0 Å². The first-order valence-electron chi connectivity index (χ1n) is 16.1. The first-order valence-corrected chi connectivity index (χ1v) is 17.0. The highest BCUT2D eigenvalue weighted by Crippen LogP contribution is 2.60. The summed E-state index contributed by atoms with van der Waals surface area (Å²) >= 11 is 3.68. The number of carbonyl (C=O) groups is 4. The van der Waals surface area contributed by atoms with Crippen molar-refractivity contribution in [3.8, 4) is 5.75 Å². The van der Waals surface area contributed by atoms with Gasteiger partial charge >= 0.3 is 5.97 Å². The van der Waals surface area contributed by atoms with E-state index in [1.54, 1.807) is 50.5 Å². The van der Waals surface area contributed by atoms with Gasteiger partial charge in [-0.15, -0.1) is 13.2 Å². The van der Waals surface area contributed by atoms with Gasteiger partial charge in [-0.1, -0.05) is 58.4 Å². The Morgan fingerprint density at radius 1 is 1.17 bits per heavy atom. The van der Waals surface area contributed by atoms with Gasteiger partial charge in [0, 0.05) is 30.0 Å². The number of likely N-dealkylation sites (tertiary alicyclic amines) is 1. The van der Waals surface area contributed by atoms with Crippen molar-refractivity contribution < 1.29 is 38.5 Å². The number of nitrogens with one attached hydrogen (secondary N) is 1. The maximum atomic E-state index is 14.6. The number of anilines is 1. The van der Waals surface area contributed by atoms with Gasteiger partial charge in [0.15, 0.2) is 0 Å². The third-order valence-corrected chi connectivity index (χ3v) is 10.2. The van der Waals surface area contributed by atoms with E-state index in [1.807, 2.05) is 30.3 Å². The minimum Gasteiger partial charge on any atom is -0.497 e. The summed E-state index contributed by atoms with van der Waals surface area (Å²) < 4.78 is 18.1. The third kappa shape index (κ3) is 6.53. The molecule has 5 rings (SSSR count). The van der Waals surface area contributed by atoms with Crippen LogP contribution in [-0.2, 0) is 28.7 Å². The number of fused-ring (bicyclic) bond motifs is 1. The number of hydrogen-bond donors (Lipinski definition) is 2. The van der Waals surface area contributed by atoms with Crippen LogP contribution in [0.4, 0.5) is 5.69 Å². The molecule has 3 aliphatic rings. The number of aliphatic hydroxyl groups excluding tert-OH is 1. The maximum absolute atomic E-state index is 14.6. The Hall–Kier alpha value is -4.00. The normalized spacial score (nSPS) is 26.7. The molecular weight excluding hydrogens is 682 g/mol. The lowest BCUT2D eigenvalue weighted by atomic mass is 9.70. The van der Waals surface area contributed by atoms with Crippen LogP contribution in [0.15, 0.2) is 79.9 Å². The second-order valence-corrected chi connectivity index (χ2v) is 13.5. The molecule has 2 aromatic rings. The highest BCUT2D eigenvalue weighted by molar-refractivity contribution is 9.09.